The van der Waals surface area contributed by atoms with Gasteiger partial charge in [0.05, 0.1) is 12.2 Å². The first-order valence-corrected chi connectivity index (χ1v) is 9.99. The van der Waals surface area contributed by atoms with Crippen molar-refractivity contribution in [3.63, 3.8) is 0 Å². The Morgan fingerprint density at radius 2 is 1.54 bits per heavy atom. The summed E-state index contributed by atoms with van der Waals surface area (Å²) in [5.74, 6) is -1.21. The summed E-state index contributed by atoms with van der Waals surface area (Å²) >= 11 is 0. The zero-order valence-corrected chi connectivity index (χ0v) is 16.3. The van der Waals surface area contributed by atoms with Gasteiger partial charge in [-0.15, -0.1) is 6.58 Å². The number of aromatic carboxylic acids is 1. The van der Waals surface area contributed by atoms with E-state index in [1.165, 1.54) is 50.7 Å². The van der Waals surface area contributed by atoms with Crippen molar-refractivity contribution < 1.29 is 19.0 Å². The number of unbranched alkanes of at least 4 members (excludes halogenated alkanes) is 7. The van der Waals surface area contributed by atoms with Crippen LogP contribution in [0.1, 0.15) is 61.7 Å². The minimum Gasteiger partial charge on any atom is -0.494 e. The van der Waals surface area contributed by atoms with Gasteiger partial charge in [0.25, 0.3) is 0 Å². The number of rotatable bonds is 13. The molecule has 0 atom stereocenters. The molecule has 0 heterocycles. The second-order valence-electron chi connectivity index (χ2n) is 6.92. The van der Waals surface area contributed by atoms with Crippen molar-refractivity contribution in [1.82, 2.24) is 0 Å². The molecule has 150 valence electrons. The van der Waals surface area contributed by atoms with E-state index in [1.54, 1.807) is 6.07 Å². The third-order valence-corrected chi connectivity index (χ3v) is 4.71. The van der Waals surface area contributed by atoms with Crippen LogP contribution in [0.15, 0.2) is 55.1 Å². The van der Waals surface area contributed by atoms with E-state index in [0.29, 0.717) is 12.2 Å². The van der Waals surface area contributed by atoms with Crippen LogP contribution in [0.25, 0.3) is 11.1 Å². The summed E-state index contributed by atoms with van der Waals surface area (Å²) < 4.78 is 19.6. The number of carbonyl (C=O) groups is 1. The molecular formula is C24H29FO3. The normalized spacial score (nSPS) is 10.6. The van der Waals surface area contributed by atoms with E-state index in [1.807, 2.05) is 30.3 Å². The van der Waals surface area contributed by atoms with Gasteiger partial charge >= 0.3 is 5.97 Å². The maximum Gasteiger partial charge on any atom is 0.338 e. The van der Waals surface area contributed by atoms with Crippen LogP contribution in [0.3, 0.4) is 0 Å². The Bertz CT molecular complexity index is 753. The molecule has 0 aliphatic rings. The predicted molar refractivity (Wildman–Crippen MR) is 111 cm³/mol. The topological polar surface area (TPSA) is 46.5 Å². The number of carboxylic acid groups (broad SMARTS) is 1. The van der Waals surface area contributed by atoms with Crippen LogP contribution in [0, 0.1) is 5.82 Å². The molecule has 0 bridgehead atoms. The number of benzene rings is 2. The number of carboxylic acids is 1. The van der Waals surface area contributed by atoms with E-state index in [4.69, 9.17) is 9.84 Å². The predicted octanol–water partition coefficient (Wildman–Crippen LogP) is 6.88. The standard InChI is InChI=1S/C24H29FO3/c1-2-3-4-5-6-7-8-9-10-17-28-21-14-11-19(12-15-21)20-13-16-22(24(26)27)23(25)18-20/h2,11-16,18H,1,3-10,17H2,(H,26,27). The molecule has 0 unspecified atom stereocenters. The van der Waals surface area contributed by atoms with Gasteiger partial charge < -0.3 is 9.84 Å². The monoisotopic (exact) mass is 384 g/mol. The number of allylic oxidation sites excluding steroid dienone is 1. The Morgan fingerprint density at radius 3 is 2.14 bits per heavy atom. The molecule has 28 heavy (non-hydrogen) atoms. The fraction of sp³-hybridized carbons (Fsp3) is 0.375. The van der Waals surface area contributed by atoms with Crippen molar-refractivity contribution in [2.75, 3.05) is 6.61 Å². The molecular weight excluding hydrogens is 355 g/mol. The summed E-state index contributed by atoms with van der Waals surface area (Å²) in [7, 11) is 0. The Labute approximate surface area is 166 Å². The zero-order chi connectivity index (χ0) is 20.2. The fourth-order valence-electron chi connectivity index (χ4n) is 3.08. The van der Waals surface area contributed by atoms with Crippen LogP contribution in [0.4, 0.5) is 4.39 Å². The molecule has 2 aromatic carbocycles. The van der Waals surface area contributed by atoms with Gasteiger partial charge in [-0.25, -0.2) is 9.18 Å². The highest BCUT2D eigenvalue weighted by Gasteiger charge is 2.11. The van der Waals surface area contributed by atoms with Gasteiger partial charge in [0.15, 0.2) is 0 Å². The van der Waals surface area contributed by atoms with Crippen molar-refractivity contribution in [2.45, 2.75) is 51.4 Å². The Morgan fingerprint density at radius 1 is 0.929 bits per heavy atom. The highest BCUT2D eigenvalue weighted by molar-refractivity contribution is 5.88. The van der Waals surface area contributed by atoms with Crippen molar-refractivity contribution in [1.29, 1.82) is 0 Å². The lowest BCUT2D eigenvalue weighted by Gasteiger charge is -2.08. The maximum atomic E-state index is 13.8. The average Bonchev–Trinajstić information content (AvgIpc) is 2.69. The van der Waals surface area contributed by atoms with E-state index >= 15 is 0 Å². The first-order chi connectivity index (χ1) is 13.6. The van der Waals surface area contributed by atoms with Crippen LogP contribution >= 0.6 is 0 Å². The summed E-state index contributed by atoms with van der Waals surface area (Å²) in [5.41, 5.74) is 1.14. The Hall–Kier alpha value is -2.62. The van der Waals surface area contributed by atoms with Crippen LogP contribution in [-0.4, -0.2) is 17.7 Å². The van der Waals surface area contributed by atoms with Gasteiger partial charge in [0.1, 0.15) is 11.6 Å². The molecule has 0 aromatic heterocycles. The van der Waals surface area contributed by atoms with Gasteiger partial charge in [-0.05, 0) is 54.7 Å². The van der Waals surface area contributed by atoms with Crippen molar-refractivity contribution in [3.8, 4) is 16.9 Å². The quantitative estimate of drug-likeness (QED) is 0.302. The minimum atomic E-state index is -1.26. The van der Waals surface area contributed by atoms with E-state index in [-0.39, 0.29) is 5.56 Å². The third kappa shape index (κ3) is 7.18. The lowest BCUT2D eigenvalue weighted by atomic mass is 10.0. The van der Waals surface area contributed by atoms with Gasteiger partial charge in [-0.3, -0.25) is 0 Å². The summed E-state index contributed by atoms with van der Waals surface area (Å²) in [6, 6.07) is 11.6. The molecule has 0 saturated heterocycles. The summed E-state index contributed by atoms with van der Waals surface area (Å²) in [4.78, 5) is 10.9. The smallest absolute Gasteiger partial charge is 0.338 e. The van der Waals surface area contributed by atoms with Gasteiger partial charge in [-0.1, -0.05) is 56.4 Å². The average molecular weight is 384 g/mol. The number of halogens is 1. The van der Waals surface area contributed by atoms with Crippen LogP contribution in [0.2, 0.25) is 0 Å². The first kappa shape index (κ1) is 21.7. The lowest BCUT2D eigenvalue weighted by Crippen LogP contribution is -2.00. The highest BCUT2D eigenvalue weighted by Crippen LogP contribution is 2.24. The van der Waals surface area contributed by atoms with E-state index in [0.717, 1.165) is 24.2 Å². The molecule has 1 N–H and O–H groups in total. The second kappa shape index (κ2) is 12.0. The molecule has 0 spiro atoms. The SMILES string of the molecule is C=CCCCCCCCCCOc1ccc(-c2ccc(C(=O)O)c(F)c2)cc1. The van der Waals surface area contributed by atoms with E-state index in [2.05, 4.69) is 6.58 Å². The number of ether oxygens (including phenoxy) is 1. The molecule has 4 heteroatoms. The molecule has 0 aliphatic carbocycles. The first-order valence-electron chi connectivity index (χ1n) is 9.99. The molecule has 3 nitrogen and oxygen atoms in total. The summed E-state index contributed by atoms with van der Waals surface area (Å²) in [6.45, 7) is 4.43. The third-order valence-electron chi connectivity index (χ3n) is 4.71. The number of hydrogen-bond acceptors (Lipinski definition) is 2. The van der Waals surface area contributed by atoms with Gasteiger partial charge in [-0.2, -0.15) is 0 Å². The van der Waals surface area contributed by atoms with Gasteiger partial charge in [0.2, 0.25) is 0 Å². The van der Waals surface area contributed by atoms with E-state index < -0.39 is 11.8 Å². The lowest BCUT2D eigenvalue weighted by molar-refractivity contribution is 0.0692. The molecule has 2 rings (SSSR count). The molecule has 2 aromatic rings. The van der Waals surface area contributed by atoms with Gasteiger partial charge in [0, 0.05) is 0 Å². The number of hydrogen-bond donors (Lipinski definition) is 1. The summed E-state index contributed by atoms with van der Waals surface area (Å²) in [5, 5.41) is 8.90. The molecule has 0 radical (unpaired) electrons. The fourth-order valence-corrected chi connectivity index (χ4v) is 3.08. The Balaban J connectivity index is 1.69. The molecule has 0 saturated carbocycles. The molecule has 0 amide bonds. The summed E-state index contributed by atoms with van der Waals surface area (Å²) in [6.07, 6.45) is 11.7. The maximum absolute atomic E-state index is 13.8. The van der Waals surface area contributed by atoms with Crippen molar-refractivity contribution in [3.05, 3.63) is 66.5 Å². The minimum absolute atomic E-state index is 0.319. The van der Waals surface area contributed by atoms with Crippen molar-refractivity contribution >= 4 is 5.97 Å². The second-order valence-corrected chi connectivity index (χ2v) is 6.92. The highest BCUT2D eigenvalue weighted by atomic mass is 19.1. The largest absolute Gasteiger partial charge is 0.494 e. The molecule has 0 fully saturated rings. The Kier molecular flexibility index (Phi) is 9.26. The van der Waals surface area contributed by atoms with E-state index in [9.17, 15) is 9.18 Å². The van der Waals surface area contributed by atoms with Crippen molar-refractivity contribution in [2.24, 2.45) is 0 Å². The molecule has 0 aliphatic heterocycles. The zero-order valence-electron chi connectivity index (χ0n) is 16.3. The van der Waals surface area contributed by atoms with Crippen LogP contribution in [0.5, 0.6) is 5.75 Å². The van der Waals surface area contributed by atoms with Crippen LogP contribution in [-0.2, 0) is 0 Å². The van der Waals surface area contributed by atoms with Crippen LogP contribution < -0.4 is 4.74 Å².